The van der Waals surface area contributed by atoms with Gasteiger partial charge < -0.3 is 10.5 Å². The third-order valence-electron chi connectivity index (χ3n) is 4.24. The maximum atomic E-state index is 12.5. The molecule has 9 heteroatoms. The fourth-order valence-corrected chi connectivity index (χ4v) is 3.17. The monoisotopic (exact) mass is 396 g/mol. The fourth-order valence-electron chi connectivity index (χ4n) is 2.94. The van der Waals surface area contributed by atoms with Crippen molar-refractivity contribution >= 4 is 29.2 Å². The molecule has 28 heavy (non-hydrogen) atoms. The number of aromatic nitrogens is 2. The van der Waals surface area contributed by atoms with Gasteiger partial charge in [0.1, 0.15) is 18.2 Å². The van der Waals surface area contributed by atoms with Crippen molar-refractivity contribution in [3.05, 3.63) is 80.9 Å². The van der Waals surface area contributed by atoms with Gasteiger partial charge in [-0.3, -0.25) is 29.3 Å². The summed E-state index contributed by atoms with van der Waals surface area (Å²) in [5.74, 6) is -1.01. The van der Waals surface area contributed by atoms with Crippen molar-refractivity contribution in [2.45, 2.75) is 6.61 Å². The summed E-state index contributed by atoms with van der Waals surface area (Å²) in [5.41, 5.74) is 6.61. The van der Waals surface area contributed by atoms with Crippen molar-refractivity contribution in [3.63, 3.8) is 0 Å². The molecular weight excluding hydrogens is 384 g/mol. The van der Waals surface area contributed by atoms with E-state index in [0.29, 0.717) is 11.4 Å². The lowest BCUT2D eigenvalue weighted by atomic mass is 10.1. The number of hydrogen-bond donors (Lipinski definition) is 2. The number of pyridine rings is 2. The van der Waals surface area contributed by atoms with Gasteiger partial charge in [-0.2, -0.15) is 0 Å². The van der Waals surface area contributed by atoms with Gasteiger partial charge in [0.25, 0.3) is 17.4 Å². The number of benzene rings is 1. The number of rotatable bonds is 4. The first kappa shape index (κ1) is 17.7. The van der Waals surface area contributed by atoms with Crippen molar-refractivity contribution in [1.82, 2.24) is 14.9 Å². The van der Waals surface area contributed by atoms with E-state index in [-0.39, 0.29) is 28.6 Å². The number of amides is 2. The molecule has 0 spiro atoms. The molecule has 0 fully saturated rings. The van der Waals surface area contributed by atoms with Crippen molar-refractivity contribution in [2.24, 2.45) is 0 Å². The molecule has 0 bridgehead atoms. The number of nitrogens with one attached hydrogen (secondary N) is 1. The third-order valence-corrected chi connectivity index (χ3v) is 4.54. The molecular formula is C19H13ClN4O4. The number of nitrogens with two attached hydrogens (primary N) is 1. The largest absolute Gasteiger partial charge is 0.487 e. The predicted octanol–water partition coefficient (Wildman–Crippen LogP) is 1.93. The first-order chi connectivity index (χ1) is 13.5. The van der Waals surface area contributed by atoms with Gasteiger partial charge in [-0.25, -0.2) is 0 Å². The average Bonchev–Trinajstić information content (AvgIpc) is 2.95. The number of carbonyl (C=O) groups is 2. The molecule has 8 nitrogen and oxygen atoms in total. The lowest BCUT2D eigenvalue weighted by Gasteiger charge is -2.14. The van der Waals surface area contributed by atoms with Crippen LogP contribution in [0.4, 0.5) is 5.82 Å². The van der Waals surface area contributed by atoms with Gasteiger partial charge in [0.15, 0.2) is 0 Å². The molecule has 1 aliphatic heterocycles. The Morgan fingerprint density at radius 3 is 2.68 bits per heavy atom. The van der Waals surface area contributed by atoms with E-state index in [1.807, 2.05) is 6.07 Å². The highest BCUT2D eigenvalue weighted by molar-refractivity contribution is 6.32. The predicted molar refractivity (Wildman–Crippen MR) is 102 cm³/mol. The Morgan fingerprint density at radius 2 is 1.96 bits per heavy atom. The van der Waals surface area contributed by atoms with Crippen LogP contribution in [0.2, 0.25) is 5.02 Å². The normalized spacial score (nSPS) is 12.6. The summed E-state index contributed by atoms with van der Waals surface area (Å²) in [6, 6.07) is 9.42. The van der Waals surface area contributed by atoms with Crippen LogP contribution in [0.1, 0.15) is 26.3 Å². The summed E-state index contributed by atoms with van der Waals surface area (Å²) in [7, 11) is 0. The zero-order chi connectivity index (χ0) is 19.8. The smallest absolute Gasteiger partial charge is 0.262 e. The minimum absolute atomic E-state index is 0.0300. The number of halogens is 1. The molecule has 140 valence electrons. The molecule has 2 amide bonds. The Bertz CT molecular complexity index is 1170. The van der Waals surface area contributed by atoms with E-state index in [0.717, 1.165) is 16.2 Å². The van der Waals surface area contributed by atoms with Gasteiger partial charge in [0.05, 0.1) is 21.8 Å². The van der Waals surface area contributed by atoms with E-state index >= 15 is 0 Å². The SMILES string of the molecule is Nc1c2c(cc(=O)n1-c1ccc(OCc3cccnc3)c(Cl)c1)C(=O)NC2=O. The molecule has 0 atom stereocenters. The zero-order valence-corrected chi connectivity index (χ0v) is 15.1. The Hall–Kier alpha value is -3.65. The summed E-state index contributed by atoms with van der Waals surface area (Å²) in [5, 5.41) is 2.38. The molecule has 3 N–H and O–H groups in total. The number of anilines is 1. The quantitative estimate of drug-likeness (QED) is 0.651. The van der Waals surface area contributed by atoms with E-state index in [1.165, 1.54) is 6.07 Å². The summed E-state index contributed by atoms with van der Waals surface area (Å²) in [6.45, 7) is 0.274. The molecule has 3 heterocycles. The van der Waals surface area contributed by atoms with Gasteiger partial charge in [0.2, 0.25) is 0 Å². The molecule has 4 rings (SSSR count). The summed E-state index contributed by atoms with van der Waals surface area (Å²) in [4.78, 5) is 40.2. The highest BCUT2D eigenvalue weighted by Gasteiger charge is 2.31. The summed E-state index contributed by atoms with van der Waals surface area (Å²) >= 11 is 6.29. The highest BCUT2D eigenvalue weighted by Crippen LogP contribution is 2.29. The molecule has 3 aromatic rings. The number of nitrogens with zero attached hydrogens (tertiary/aromatic N) is 2. The second-order valence-corrected chi connectivity index (χ2v) is 6.45. The van der Waals surface area contributed by atoms with Crippen LogP contribution < -0.4 is 21.3 Å². The average molecular weight is 397 g/mol. The summed E-state index contributed by atoms with van der Waals surface area (Å²) < 4.78 is 6.80. The minimum Gasteiger partial charge on any atom is -0.487 e. The van der Waals surface area contributed by atoms with Crippen LogP contribution in [0, 0.1) is 0 Å². The van der Waals surface area contributed by atoms with Gasteiger partial charge in [0, 0.05) is 24.0 Å². The molecule has 0 aliphatic carbocycles. The van der Waals surface area contributed by atoms with Crippen LogP contribution in [0.5, 0.6) is 5.75 Å². The second kappa shape index (κ2) is 6.82. The number of nitrogen functional groups attached to an aromatic ring is 1. The molecule has 0 saturated heterocycles. The number of hydrogen-bond acceptors (Lipinski definition) is 6. The van der Waals surface area contributed by atoms with Gasteiger partial charge >= 0.3 is 0 Å². The lowest BCUT2D eigenvalue weighted by Crippen LogP contribution is -2.24. The number of carbonyl (C=O) groups excluding carboxylic acids is 2. The van der Waals surface area contributed by atoms with Crippen molar-refractivity contribution in [1.29, 1.82) is 0 Å². The van der Waals surface area contributed by atoms with Gasteiger partial charge in [-0.05, 0) is 24.3 Å². The van der Waals surface area contributed by atoms with Crippen LogP contribution >= 0.6 is 11.6 Å². The van der Waals surface area contributed by atoms with E-state index < -0.39 is 17.4 Å². The van der Waals surface area contributed by atoms with E-state index in [2.05, 4.69) is 10.3 Å². The molecule has 0 saturated carbocycles. The molecule has 2 aromatic heterocycles. The van der Waals surface area contributed by atoms with E-state index in [4.69, 9.17) is 22.1 Å². The van der Waals surface area contributed by atoms with Gasteiger partial charge in [-0.1, -0.05) is 17.7 Å². The lowest BCUT2D eigenvalue weighted by molar-refractivity contribution is 0.0880. The maximum Gasteiger partial charge on any atom is 0.262 e. The van der Waals surface area contributed by atoms with Crippen LogP contribution in [-0.4, -0.2) is 21.4 Å². The first-order valence-electron chi connectivity index (χ1n) is 8.18. The maximum absolute atomic E-state index is 12.5. The Kier molecular flexibility index (Phi) is 4.32. The van der Waals surface area contributed by atoms with Crippen LogP contribution in [0.3, 0.4) is 0 Å². The second-order valence-electron chi connectivity index (χ2n) is 6.04. The molecule has 0 unspecified atom stereocenters. The van der Waals surface area contributed by atoms with Crippen LogP contribution in [0.25, 0.3) is 5.69 Å². The fraction of sp³-hybridized carbons (Fsp3) is 0.0526. The van der Waals surface area contributed by atoms with Crippen molar-refractivity contribution in [2.75, 3.05) is 5.73 Å². The minimum atomic E-state index is -0.645. The molecule has 1 aromatic carbocycles. The number of ether oxygens (including phenoxy) is 1. The van der Waals surface area contributed by atoms with Crippen LogP contribution in [0.15, 0.2) is 53.6 Å². The van der Waals surface area contributed by atoms with E-state index in [9.17, 15) is 14.4 Å². The zero-order valence-electron chi connectivity index (χ0n) is 14.3. The molecule has 0 radical (unpaired) electrons. The Morgan fingerprint density at radius 1 is 1.14 bits per heavy atom. The Balaban J connectivity index is 1.69. The van der Waals surface area contributed by atoms with Crippen LogP contribution in [-0.2, 0) is 6.61 Å². The van der Waals surface area contributed by atoms with Gasteiger partial charge in [-0.15, -0.1) is 0 Å². The Labute approximate surface area is 163 Å². The number of imide groups is 1. The van der Waals surface area contributed by atoms with E-state index in [1.54, 1.807) is 30.6 Å². The molecule has 1 aliphatic rings. The first-order valence-corrected chi connectivity index (χ1v) is 8.56. The third kappa shape index (κ3) is 2.99. The van der Waals surface area contributed by atoms with Crippen molar-refractivity contribution in [3.8, 4) is 11.4 Å². The topological polar surface area (TPSA) is 116 Å². The highest BCUT2D eigenvalue weighted by atomic mass is 35.5. The van der Waals surface area contributed by atoms with Crippen molar-refractivity contribution < 1.29 is 14.3 Å². The summed E-state index contributed by atoms with van der Waals surface area (Å²) in [6.07, 6.45) is 3.34. The standard InChI is InChI=1S/C19H13ClN4O4/c20-13-6-11(3-4-14(13)28-9-10-2-1-5-22-8-10)24-15(25)7-12-16(17(24)21)19(27)23-18(12)26/h1-8H,9,21H2,(H,23,26,27). The number of fused-ring (bicyclic) bond motifs is 1.